The number of carbonyl (C=O) groups is 2. The molecule has 0 aliphatic carbocycles. The van der Waals surface area contributed by atoms with E-state index in [9.17, 15) is 9.59 Å². The van der Waals surface area contributed by atoms with E-state index in [1.807, 2.05) is 30.3 Å². The molecule has 2 amide bonds. The van der Waals surface area contributed by atoms with Gasteiger partial charge in [0.25, 0.3) is 0 Å². The molecule has 1 aromatic rings. The van der Waals surface area contributed by atoms with Crippen LogP contribution < -0.4 is 11.5 Å². The largest absolute Gasteiger partial charge is 0.368 e. The Morgan fingerprint density at radius 1 is 1.29 bits per heavy atom. The number of benzene rings is 1. The summed E-state index contributed by atoms with van der Waals surface area (Å²) in [7, 11) is 1.54. The van der Waals surface area contributed by atoms with Gasteiger partial charge < -0.3 is 16.4 Å². The van der Waals surface area contributed by atoms with Gasteiger partial charge in [0.2, 0.25) is 11.8 Å². The number of hydrogen-bond acceptors (Lipinski definition) is 3. The Labute approximate surface area is 100 Å². The van der Waals surface area contributed by atoms with Crippen LogP contribution in [0.1, 0.15) is 5.56 Å². The second kappa shape index (κ2) is 6.00. The number of nitrogens with zero attached hydrogens (tertiary/aromatic N) is 1. The molecule has 0 aliphatic rings. The van der Waals surface area contributed by atoms with Crippen molar-refractivity contribution in [3.63, 3.8) is 0 Å². The molecule has 5 nitrogen and oxygen atoms in total. The summed E-state index contributed by atoms with van der Waals surface area (Å²) < 4.78 is 0. The Morgan fingerprint density at radius 2 is 1.88 bits per heavy atom. The van der Waals surface area contributed by atoms with Crippen LogP contribution in [-0.4, -0.2) is 36.3 Å². The first-order chi connectivity index (χ1) is 8.06. The maximum atomic E-state index is 11.4. The lowest BCUT2D eigenvalue weighted by atomic mass is 10.0. The van der Waals surface area contributed by atoms with Crippen LogP contribution in [0.2, 0.25) is 0 Å². The van der Waals surface area contributed by atoms with E-state index in [4.69, 9.17) is 11.5 Å². The van der Waals surface area contributed by atoms with Crippen molar-refractivity contribution in [3.05, 3.63) is 35.9 Å². The zero-order valence-corrected chi connectivity index (χ0v) is 9.80. The van der Waals surface area contributed by atoms with Gasteiger partial charge in [-0.2, -0.15) is 0 Å². The highest BCUT2D eigenvalue weighted by atomic mass is 16.2. The quantitative estimate of drug-likeness (QED) is 0.721. The summed E-state index contributed by atoms with van der Waals surface area (Å²) in [6.07, 6.45) is 0.401. The van der Waals surface area contributed by atoms with Gasteiger partial charge in [0.1, 0.15) is 6.04 Å². The minimum absolute atomic E-state index is 0.130. The average Bonchev–Trinajstić information content (AvgIpc) is 2.35. The van der Waals surface area contributed by atoms with E-state index in [2.05, 4.69) is 0 Å². The minimum atomic E-state index is -0.659. The molecule has 17 heavy (non-hydrogen) atoms. The van der Waals surface area contributed by atoms with Gasteiger partial charge in [-0.25, -0.2) is 0 Å². The summed E-state index contributed by atoms with van der Waals surface area (Å²) in [6.45, 7) is -0.130. The van der Waals surface area contributed by atoms with Crippen molar-refractivity contribution in [2.45, 2.75) is 12.5 Å². The number of likely N-dealkylation sites (N-methyl/N-ethyl adjacent to an activating group) is 1. The molecule has 0 heterocycles. The second-order valence-electron chi connectivity index (χ2n) is 3.82. The minimum Gasteiger partial charge on any atom is -0.368 e. The number of primary amides is 1. The number of hydrogen-bond donors (Lipinski definition) is 2. The third-order valence-corrected chi connectivity index (χ3v) is 2.64. The van der Waals surface area contributed by atoms with Crippen LogP contribution in [0, 0.1) is 0 Å². The van der Waals surface area contributed by atoms with Crippen molar-refractivity contribution in [2.24, 2.45) is 11.5 Å². The van der Waals surface area contributed by atoms with Gasteiger partial charge in [0, 0.05) is 13.5 Å². The molecule has 92 valence electrons. The van der Waals surface area contributed by atoms with Gasteiger partial charge in [-0.1, -0.05) is 30.3 Å². The lowest BCUT2D eigenvalue weighted by molar-refractivity contribution is -0.136. The van der Waals surface area contributed by atoms with Crippen molar-refractivity contribution in [2.75, 3.05) is 13.6 Å². The molecule has 5 heteroatoms. The molecule has 4 N–H and O–H groups in total. The first-order valence-electron chi connectivity index (χ1n) is 5.35. The molecule has 0 aliphatic heterocycles. The van der Waals surface area contributed by atoms with Gasteiger partial charge in [0.05, 0.1) is 6.54 Å². The van der Waals surface area contributed by atoms with E-state index in [0.717, 1.165) is 5.56 Å². The summed E-state index contributed by atoms with van der Waals surface area (Å²) in [5.41, 5.74) is 11.5. The highest BCUT2D eigenvalue weighted by Gasteiger charge is 2.24. The van der Waals surface area contributed by atoms with Crippen LogP contribution in [0.15, 0.2) is 30.3 Å². The molecular weight excluding hydrogens is 218 g/mol. The van der Waals surface area contributed by atoms with Crippen LogP contribution in [0.5, 0.6) is 0 Å². The van der Waals surface area contributed by atoms with Gasteiger partial charge in [-0.05, 0) is 5.56 Å². The summed E-state index contributed by atoms with van der Waals surface area (Å²) in [4.78, 5) is 24.1. The summed E-state index contributed by atoms with van der Waals surface area (Å²) >= 11 is 0. The zero-order chi connectivity index (χ0) is 12.8. The maximum absolute atomic E-state index is 11.4. The average molecular weight is 235 g/mol. The molecule has 0 unspecified atom stereocenters. The molecule has 1 atom stereocenters. The predicted molar refractivity (Wildman–Crippen MR) is 65.0 cm³/mol. The van der Waals surface area contributed by atoms with Crippen molar-refractivity contribution in [1.29, 1.82) is 0 Å². The standard InChI is InChI=1S/C12H17N3O2/c1-15(11(16)8-13)10(12(14)17)7-9-5-3-2-4-6-9/h2-6,10H,7-8,13H2,1H3,(H2,14,17)/t10-/m0/s1. The fourth-order valence-electron chi connectivity index (χ4n) is 1.58. The Bertz CT molecular complexity index is 392. The summed E-state index contributed by atoms with van der Waals surface area (Å²) in [5.74, 6) is -0.831. The van der Waals surface area contributed by atoms with E-state index < -0.39 is 11.9 Å². The Balaban J connectivity index is 2.81. The first kappa shape index (κ1) is 13.2. The Hall–Kier alpha value is -1.88. The van der Waals surface area contributed by atoms with Crippen molar-refractivity contribution < 1.29 is 9.59 Å². The van der Waals surface area contributed by atoms with Gasteiger partial charge in [0.15, 0.2) is 0 Å². The topological polar surface area (TPSA) is 89.4 Å². The molecule has 0 saturated heterocycles. The van der Waals surface area contributed by atoms with E-state index in [0.29, 0.717) is 6.42 Å². The normalized spacial score (nSPS) is 11.9. The van der Waals surface area contributed by atoms with Gasteiger partial charge in [-0.3, -0.25) is 9.59 Å². The fraction of sp³-hybridized carbons (Fsp3) is 0.333. The molecule has 0 bridgehead atoms. The van der Waals surface area contributed by atoms with Crippen LogP contribution in [-0.2, 0) is 16.0 Å². The fourth-order valence-corrected chi connectivity index (χ4v) is 1.58. The summed E-state index contributed by atoms with van der Waals surface area (Å²) in [5, 5.41) is 0. The number of amides is 2. The Kier molecular flexibility index (Phi) is 4.66. The molecule has 0 saturated carbocycles. The molecule has 0 radical (unpaired) electrons. The monoisotopic (exact) mass is 235 g/mol. The number of rotatable bonds is 5. The first-order valence-corrected chi connectivity index (χ1v) is 5.35. The predicted octanol–water partition coefficient (Wildman–Crippen LogP) is -0.500. The molecule has 1 aromatic carbocycles. The van der Waals surface area contributed by atoms with E-state index in [-0.39, 0.29) is 12.5 Å². The third kappa shape index (κ3) is 3.57. The van der Waals surface area contributed by atoms with Crippen molar-refractivity contribution >= 4 is 11.8 Å². The lowest BCUT2D eigenvalue weighted by Gasteiger charge is -2.25. The number of nitrogens with two attached hydrogens (primary N) is 2. The van der Waals surface area contributed by atoms with Gasteiger partial charge in [-0.15, -0.1) is 0 Å². The highest BCUT2D eigenvalue weighted by molar-refractivity contribution is 5.87. The van der Waals surface area contributed by atoms with Crippen molar-refractivity contribution in [3.8, 4) is 0 Å². The molecule has 0 aromatic heterocycles. The SMILES string of the molecule is CN(C(=O)CN)[C@@H](Cc1ccccc1)C(N)=O. The van der Waals surface area contributed by atoms with E-state index in [1.165, 1.54) is 11.9 Å². The molecule has 1 rings (SSSR count). The van der Waals surface area contributed by atoms with Crippen LogP contribution in [0.3, 0.4) is 0 Å². The zero-order valence-electron chi connectivity index (χ0n) is 9.80. The van der Waals surface area contributed by atoms with Crippen LogP contribution in [0.4, 0.5) is 0 Å². The molecule has 0 spiro atoms. The van der Waals surface area contributed by atoms with Crippen LogP contribution in [0.25, 0.3) is 0 Å². The summed E-state index contributed by atoms with van der Waals surface area (Å²) in [6, 6.07) is 8.75. The highest BCUT2D eigenvalue weighted by Crippen LogP contribution is 2.07. The van der Waals surface area contributed by atoms with E-state index >= 15 is 0 Å². The number of carbonyl (C=O) groups excluding carboxylic acids is 2. The van der Waals surface area contributed by atoms with Crippen LogP contribution >= 0.6 is 0 Å². The van der Waals surface area contributed by atoms with Gasteiger partial charge >= 0.3 is 0 Å². The maximum Gasteiger partial charge on any atom is 0.240 e. The molecular formula is C12H17N3O2. The van der Waals surface area contributed by atoms with E-state index in [1.54, 1.807) is 0 Å². The molecule has 0 fully saturated rings. The Morgan fingerprint density at radius 3 is 2.35 bits per heavy atom. The third-order valence-electron chi connectivity index (χ3n) is 2.64. The van der Waals surface area contributed by atoms with Crippen molar-refractivity contribution in [1.82, 2.24) is 4.90 Å². The lowest BCUT2D eigenvalue weighted by Crippen LogP contribution is -2.48. The smallest absolute Gasteiger partial charge is 0.240 e. The second-order valence-corrected chi connectivity index (χ2v) is 3.82.